The third kappa shape index (κ3) is 4.31. The van der Waals surface area contributed by atoms with E-state index in [1.807, 2.05) is 0 Å². The van der Waals surface area contributed by atoms with E-state index in [-0.39, 0.29) is 12.5 Å². The van der Waals surface area contributed by atoms with E-state index >= 15 is 0 Å². The predicted molar refractivity (Wildman–Crippen MR) is 61.7 cm³/mol. The van der Waals surface area contributed by atoms with Crippen LogP contribution in [-0.2, 0) is 4.79 Å². The molecular weight excluding hydrogens is 206 g/mol. The highest BCUT2D eigenvalue weighted by Crippen LogP contribution is 2.06. The first-order valence-electron chi connectivity index (χ1n) is 5.07. The molecule has 0 fully saturated rings. The van der Waals surface area contributed by atoms with E-state index in [1.165, 1.54) is 11.0 Å². The van der Waals surface area contributed by atoms with Crippen LogP contribution >= 0.6 is 0 Å². The summed E-state index contributed by atoms with van der Waals surface area (Å²) < 4.78 is 5.06. The summed E-state index contributed by atoms with van der Waals surface area (Å²) in [5, 5.41) is 9.55. The Kier molecular flexibility index (Phi) is 3.90. The van der Waals surface area contributed by atoms with Crippen LogP contribution in [0.4, 0.5) is 0 Å². The Hall–Kier alpha value is -1.55. The second-order valence-corrected chi connectivity index (χ2v) is 4.36. The zero-order valence-electron chi connectivity index (χ0n) is 9.80. The molecule has 16 heavy (non-hydrogen) atoms. The van der Waals surface area contributed by atoms with Gasteiger partial charge in [0.25, 0.3) is 0 Å². The van der Waals surface area contributed by atoms with Gasteiger partial charge >= 0.3 is 0 Å². The summed E-state index contributed by atoms with van der Waals surface area (Å²) in [6.45, 7) is 3.61. The molecule has 1 heterocycles. The first kappa shape index (κ1) is 12.5. The van der Waals surface area contributed by atoms with Gasteiger partial charge in [0.1, 0.15) is 5.76 Å². The summed E-state index contributed by atoms with van der Waals surface area (Å²) in [4.78, 5) is 13.1. The Balaban J connectivity index is 2.52. The first-order chi connectivity index (χ1) is 7.38. The standard InChI is InChI=1S/C12H17NO3/c1-12(2,15)9-13(3)11(14)7-6-10-5-4-8-16-10/h4-8,15H,9H2,1-3H3. The number of amides is 1. The lowest BCUT2D eigenvalue weighted by Crippen LogP contribution is -2.38. The number of furan rings is 1. The van der Waals surface area contributed by atoms with Crippen LogP contribution in [0.15, 0.2) is 28.9 Å². The van der Waals surface area contributed by atoms with Crippen molar-refractivity contribution in [2.75, 3.05) is 13.6 Å². The summed E-state index contributed by atoms with van der Waals surface area (Å²) in [6.07, 6.45) is 4.57. The second-order valence-electron chi connectivity index (χ2n) is 4.36. The van der Waals surface area contributed by atoms with Crippen molar-refractivity contribution in [1.29, 1.82) is 0 Å². The molecular formula is C12H17NO3. The van der Waals surface area contributed by atoms with Crippen LogP contribution in [0.5, 0.6) is 0 Å². The lowest BCUT2D eigenvalue weighted by molar-refractivity contribution is -0.127. The summed E-state index contributed by atoms with van der Waals surface area (Å²) in [6, 6.07) is 3.52. The van der Waals surface area contributed by atoms with Crippen molar-refractivity contribution >= 4 is 12.0 Å². The highest BCUT2D eigenvalue weighted by molar-refractivity contribution is 5.91. The molecule has 0 unspecified atom stereocenters. The van der Waals surface area contributed by atoms with Gasteiger partial charge in [-0.15, -0.1) is 0 Å². The van der Waals surface area contributed by atoms with Gasteiger partial charge in [0.15, 0.2) is 0 Å². The maximum absolute atomic E-state index is 11.6. The molecule has 1 amide bonds. The zero-order chi connectivity index (χ0) is 12.2. The SMILES string of the molecule is CN(CC(C)(C)O)C(=O)C=Cc1ccco1. The lowest BCUT2D eigenvalue weighted by Gasteiger charge is -2.24. The number of hydrogen-bond acceptors (Lipinski definition) is 3. The van der Waals surface area contributed by atoms with Gasteiger partial charge in [0.2, 0.25) is 5.91 Å². The summed E-state index contributed by atoms with van der Waals surface area (Å²) in [5.41, 5.74) is -0.886. The monoisotopic (exact) mass is 223 g/mol. The second kappa shape index (κ2) is 4.99. The maximum atomic E-state index is 11.6. The molecule has 1 aromatic heterocycles. The Bertz CT molecular complexity index is 360. The van der Waals surface area contributed by atoms with Crippen LogP contribution in [0.3, 0.4) is 0 Å². The van der Waals surface area contributed by atoms with Crippen molar-refractivity contribution in [1.82, 2.24) is 4.90 Å². The summed E-state index contributed by atoms with van der Waals surface area (Å²) in [5.74, 6) is 0.462. The van der Waals surface area contributed by atoms with Gasteiger partial charge in [-0.1, -0.05) is 0 Å². The molecule has 0 saturated carbocycles. The number of rotatable bonds is 4. The smallest absolute Gasteiger partial charge is 0.246 e. The molecule has 0 aliphatic heterocycles. The summed E-state index contributed by atoms with van der Waals surface area (Å²) >= 11 is 0. The van der Waals surface area contributed by atoms with Crippen molar-refractivity contribution in [2.24, 2.45) is 0 Å². The Morgan fingerprint density at radius 3 is 2.81 bits per heavy atom. The van der Waals surface area contributed by atoms with Gasteiger partial charge in [-0.3, -0.25) is 4.79 Å². The normalized spacial score (nSPS) is 12.0. The van der Waals surface area contributed by atoms with Crippen LogP contribution in [-0.4, -0.2) is 35.1 Å². The van der Waals surface area contributed by atoms with E-state index < -0.39 is 5.60 Å². The predicted octanol–water partition coefficient (Wildman–Crippen LogP) is 1.52. The van der Waals surface area contributed by atoms with Crippen LogP contribution in [0.1, 0.15) is 19.6 Å². The Morgan fingerprint density at radius 2 is 2.31 bits per heavy atom. The van der Waals surface area contributed by atoms with E-state index in [2.05, 4.69) is 0 Å². The van der Waals surface area contributed by atoms with E-state index in [4.69, 9.17) is 4.42 Å². The van der Waals surface area contributed by atoms with Crippen LogP contribution in [0, 0.1) is 0 Å². The molecule has 1 aromatic rings. The fourth-order valence-electron chi connectivity index (χ4n) is 1.33. The quantitative estimate of drug-likeness (QED) is 0.787. The Labute approximate surface area is 95.2 Å². The van der Waals surface area contributed by atoms with Gasteiger partial charge in [-0.25, -0.2) is 0 Å². The van der Waals surface area contributed by atoms with Gasteiger partial charge in [0.05, 0.1) is 11.9 Å². The molecule has 0 aromatic carbocycles. The summed E-state index contributed by atoms with van der Waals surface area (Å²) in [7, 11) is 1.65. The molecule has 0 aliphatic rings. The molecule has 4 heteroatoms. The molecule has 0 spiro atoms. The molecule has 0 atom stereocenters. The highest BCUT2D eigenvalue weighted by atomic mass is 16.3. The molecule has 0 bridgehead atoms. The fourth-order valence-corrected chi connectivity index (χ4v) is 1.33. The van der Waals surface area contributed by atoms with E-state index in [1.54, 1.807) is 45.4 Å². The minimum absolute atomic E-state index is 0.168. The van der Waals surface area contributed by atoms with Crippen molar-refractivity contribution < 1.29 is 14.3 Å². The van der Waals surface area contributed by atoms with Crippen LogP contribution in [0.2, 0.25) is 0 Å². The highest BCUT2D eigenvalue weighted by Gasteiger charge is 2.17. The van der Waals surface area contributed by atoms with Crippen molar-refractivity contribution in [2.45, 2.75) is 19.4 Å². The lowest BCUT2D eigenvalue weighted by atomic mass is 10.1. The molecule has 1 rings (SSSR count). The minimum Gasteiger partial charge on any atom is -0.465 e. The molecule has 0 radical (unpaired) electrons. The number of carbonyl (C=O) groups is 1. The van der Waals surface area contributed by atoms with Gasteiger partial charge in [-0.05, 0) is 32.1 Å². The third-order valence-electron chi connectivity index (χ3n) is 1.93. The average Bonchev–Trinajstić information content (AvgIpc) is 2.63. The zero-order valence-corrected chi connectivity index (χ0v) is 9.80. The van der Waals surface area contributed by atoms with E-state index in [9.17, 15) is 9.90 Å². The molecule has 88 valence electrons. The average molecular weight is 223 g/mol. The number of likely N-dealkylation sites (N-methyl/N-ethyl adjacent to an activating group) is 1. The van der Waals surface area contributed by atoms with Crippen molar-refractivity contribution in [3.63, 3.8) is 0 Å². The molecule has 0 aliphatic carbocycles. The van der Waals surface area contributed by atoms with E-state index in [0.29, 0.717) is 5.76 Å². The number of hydrogen-bond donors (Lipinski definition) is 1. The van der Waals surface area contributed by atoms with Gasteiger partial charge < -0.3 is 14.4 Å². The fraction of sp³-hybridized carbons (Fsp3) is 0.417. The maximum Gasteiger partial charge on any atom is 0.246 e. The molecule has 1 N–H and O–H groups in total. The third-order valence-corrected chi connectivity index (χ3v) is 1.93. The first-order valence-corrected chi connectivity index (χ1v) is 5.07. The molecule has 4 nitrogen and oxygen atoms in total. The van der Waals surface area contributed by atoms with Gasteiger partial charge in [0, 0.05) is 19.7 Å². The Morgan fingerprint density at radius 1 is 1.62 bits per heavy atom. The number of aliphatic hydroxyl groups is 1. The number of carbonyl (C=O) groups excluding carboxylic acids is 1. The van der Waals surface area contributed by atoms with Crippen molar-refractivity contribution in [3.05, 3.63) is 30.2 Å². The largest absolute Gasteiger partial charge is 0.465 e. The van der Waals surface area contributed by atoms with Crippen LogP contribution in [0.25, 0.3) is 6.08 Å². The minimum atomic E-state index is -0.886. The number of nitrogens with zero attached hydrogens (tertiary/aromatic N) is 1. The molecule has 0 saturated heterocycles. The van der Waals surface area contributed by atoms with Crippen molar-refractivity contribution in [3.8, 4) is 0 Å². The van der Waals surface area contributed by atoms with Crippen LogP contribution < -0.4 is 0 Å². The topological polar surface area (TPSA) is 53.7 Å². The van der Waals surface area contributed by atoms with E-state index in [0.717, 1.165) is 0 Å². The van der Waals surface area contributed by atoms with Gasteiger partial charge in [-0.2, -0.15) is 0 Å².